The van der Waals surface area contributed by atoms with Crippen LogP contribution < -0.4 is 10.6 Å². The summed E-state index contributed by atoms with van der Waals surface area (Å²) in [6.45, 7) is 1.68. The van der Waals surface area contributed by atoms with Crippen LogP contribution in [0.5, 0.6) is 0 Å². The van der Waals surface area contributed by atoms with Gasteiger partial charge < -0.3 is 10.6 Å². The molecule has 1 heterocycles. The molecule has 1 aliphatic heterocycles. The van der Waals surface area contributed by atoms with Crippen LogP contribution in [0.1, 0.15) is 24.0 Å². The predicted molar refractivity (Wildman–Crippen MR) is 100 cm³/mol. The molecule has 0 saturated carbocycles. The van der Waals surface area contributed by atoms with Gasteiger partial charge in [-0.25, -0.2) is 0 Å². The van der Waals surface area contributed by atoms with E-state index in [1.165, 1.54) is 18.6 Å². The van der Waals surface area contributed by atoms with Crippen LogP contribution in [0.4, 0.5) is 0 Å². The molecule has 1 aliphatic rings. The van der Waals surface area contributed by atoms with E-state index in [1.54, 1.807) is 7.05 Å². The van der Waals surface area contributed by atoms with E-state index >= 15 is 0 Å². The second-order valence-electron chi connectivity index (χ2n) is 4.75. The van der Waals surface area contributed by atoms with Crippen molar-refractivity contribution in [2.24, 2.45) is 4.99 Å². The fraction of sp³-hybridized carbons (Fsp3) is 0.467. The van der Waals surface area contributed by atoms with Gasteiger partial charge in [0.15, 0.2) is 5.96 Å². The second-order valence-corrected chi connectivity index (χ2v) is 6.16. The largest absolute Gasteiger partial charge is 0.355 e. The van der Waals surface area contributed by atoms with Gasteiger partial charge in [-0.1, -0.05) is 12.1 Å². The summed E-state index contributed by atoms with van der Waals surface area (Å²) in [5.41, 5.74) is 1.83. The Hall–Kier alpha value is -0.940. The van der Waals surface area contributed by atoms with E-state index in [-0.39, 0.29) is 24.0 Å². The first-order valence-electron chi connectivity index (χ1n) is 6.87. The van der Waals surface area contributed by atoms with Crippen molar-refractivity contribution in [3.63, 3.8) is 0 Å². The normalized spacial score (nSPS) is 17.7. The summed E-state index contributed by atoms with van der Waals surface area (Å²) in [7, 11) is 1.79. The molecular weight excluding hydrogens is 395 g/mol. The maximum atomic E-state index is 8.76. The molecular formula is C15H21IN4S. The zero-order valence-electron chi connectivity index (χ0n) is 12.1. The van der Waals surface area contributed by atoms with Crippen LogP contribution in [0, 0.1) is 11.3 Å². The van der Waals surface area contributed by atoms with Gasteiger partial charge in [0.25, 0.3) is 0 Å². The van der Waals surface area contributed by atoms with Gasteiger partial charge in [0, 0.05) is 25.4 Å². The van der Waals surface area contributed by atoms with Crippen LogP contribution >= 0.6 is 35.7 Å². The zero-order valence-corrected chi connectivity index (χ0v) is 15.3. The maximum absolute atomic E-state index is 8.76. The van der Waals surface area contributed by atoms with Crippen molar-refractivity contribution in [2.75, 3.05) is 19.3 Å². The van der Waals surface area contributed by atoms with Gasteiger partial charge in [0.1, 0.15) is 0 Å². The van der Waals surface area contributed by atoms with E-state index < -0.39 is 0 Å². The fourth-order valence-electron chi connectivity index (χ4n) is 2.12. The van der Waals surface area contributed by atoms with Crippen LogP contribution in [0.15, 0.2) is 29.3 Å². The summed E-state index contributed by atoms with van der Waals surface area (Å²) in [5, 5.41) is 16.1. The third-order valence-electron chi connectivity index (χ3n) is 3.29. The molecule has 0 spiro atoms. The Labute approximate surface area is 147 Å². The lowest BCUT2D eigenvalue weighted by Gasteiger charge is -2.14. The average molecular weight is 416 g/mol. The average Bonchev–Trinajstić information content (AvgIpc) is 3.01. The zero-order chi connectivity index (χ0) is 14.2. The lowest BCUT2D eigenvalue weighted by Crippen LogP contribution is -2.39. The number of aliphatic imine (C=N–C) groups is 1. The van der Waals surface area contributed by atoms with E-state index in [0.717, 1.165) is 18.1 Å². The molecule has 1 atom stereocenters. The Kier molecular flexibility index (Phi) is 8.54. The SMILES string of the molecule is CN=C(NCc1ccc(C#N)cc1)NCC1CCCS1.I. The predicted octanol–water partition coefficient (Wildman–Crippen LogP) is 2.74. The lowest BCUT2D eigenvalue weighted by atomic mass is 10.1. The Balaban J connectivity index is 0.00000220. The van der Waals surface area contributed by atoms with Gasteiger partial charge in [-0.05, 0) is 36.3 Å². The van der Waals surface area contributed by atoms with E-state index in [1.807, 2.05) is 36.0 Å². The first kappa shape index (κ1) is 18.1. The highest BCUT2D eigenvalue weighted by Crippen LogP contribution is 2.25. The van der Waals surface area contributed by atoms with Gasteiger partial charge in [-0.15, -0.1) is 24.0 Å². The van der Waals surface area contributed by atoms with E-state index in [4.69, 9.17) is 5.26 Å². The molecule has 1 unspecified atom stereocenters. The molecule has 2 N–H and O–H groups in total. The molecule has 4 nitrogen and oxygen atoms in total. The number of nitrogens with one attached hydrogen (secondary N) is 2. The molecule has 1 saturated heterocycles. The quantitative estimate of drug-likeness (QED) is 0.450. The van der Waals surface area contributed by atoms with Crippen LogP contribution in [0.3, 0.4) is 0 Å². The van der Waals surface area contributed by atoms with E-state index in [9.17, 15) is 0 Å². The Morgan fingerprint density at radius 3 is 2.71 bits per heavy atom. The molecule has 6 heteroatoms. The van der Waals surface area contributed by atoms with Crippen LogP contribution in [-0.2, 0) is 6.54 Å². The Bertz CT molecular complexity index is 489. The van der Waals surface area contributed by atoms with Crippen LogP contribution in [0.25, 0.3) is 0 Å². The van der Waals surface area contributed by atoms with Crippen molar-refractivity contribution in [1.82, 2.24) is 10.6 Å². The first-order chi connectivity index (χ1) is 9.81. The molecule has 1 fully saturated rings. The minimum absolute atomic E-state index is 0. The second kappa shape index (κ2) is 9.90. The molecule has 21 heavy (non-hydrogen) atoms. The minimum Gasteiger partial charge on any atom is -0.355 e. The molecule has 1 aromatic rings. The highest BCUT2D eigenvalue weighted by atomic mass is 127. The van der Waals surface area contributed by atoms with Crippen molar-refractivity contribution in [3.05, 3.63) is 35.4 Å². The number of halogens is 1. The van der Waals surface area contributed by atoms with Gasteiger partial charge in [0.05, 0.1) is 11.6 Å². The summed E-state index contributed by atoms with van der Waals surface area (Å²) in [6, 6.07) is 9.72. The summed E-state index contributed by atoms with van der Waals surface area (Å²) < 4.78 is 0. The first-order valence-corrected chi connectivity index (χ1v) is 7.92. The number of hydrogen-bond donors (Lipinski definition) is 2. The smallest absolute Gasteiger partial charge is 0.191 e. The summed E-state index contributed by atoms with van der Waals surface area (Å²) >= 11 is 2.04. The molecule has 0 bridgehead atoms. The number of hydrogen-bond acceptors (Lipinski definition) is 3. The molecule has 2 rings (SSSR count). The topological polar surface area (TPSA) is 60.2 Å². The van der Waals surface area contributed by atoms with E-state index in [2.05, 4.69) is 21.7 Å². The number of rotatable bonds is 4. The number of thioether (sulfide) groups is 1. The van der Waals surface area contributed by atoms with Crippen molar-refractivity contribution in [2.45, 2.75) is 24.6 Å². The number of nitrogens with zero attached hydrogens (tertiary/aromatic N) is 2. The molecule has 0 aliphatic carbocycles. The number of guanidine groups is 1. The van der Waals surface area contributed by atoms with Crippen molar-refractivity contribution >= 4 is 41.7 Å². The van der Waals surface area contributed by atoms with E-state index in [0.29, 0.717) is 17.4 Å². The minimum atomic E-state index is 0. The molecule has 0 amide bonds. The highest BCUT2D eigenvalue weighted by Gasteiger charge is 2.15. The summed E-state index contributed by atoms with van der Waals surface area (Å²) in [4.78, 5) is 4.23. The van der Waals surface area contributed by atoms with Gasteiger partial charge in [-0.3, -0.25) is 4.99 Å². The molecule has 0 aromatic heterocycles. The Morgan fingerprint density at radius 1 is 1.38 bits per heavy atom. The Morgan fingerprint density at radius 2 is 2.14 bits per heavy atom. The lowest BCUT2D eigenvalue weighted by molar-refractivity contribution is 0.726. The van der Waals surface area contributed by atoms with Gasteiger partial charge >= 0.3 is 0 Å². The number of benzene rings is 1. The van der Waals surface area contributed by atoms with Gasteiger partial charge in [-0.2, -0.15) is 17.0 Å². The maximum Gasteiger partial charge on any atom is 0.191 e. The van der Waals surface area contributed by atoms with Crippen LogP contribution in [-0.4, -0.2) is 30.6 Å². The molecule has 114 valence electrons. The van der Waals surface area contributed by atoms with Crippen molar-refractivity contribution < 1.29 is 0 Å². The molecule has 1 aromatic carbocycles. The third-order valence-corrected chi connectivity index (χ3v) is 4.69. The standard InChI is InChI=1S/C15H20N4S.HI/c1-17-15(19-11-14-3-2-8-20-14)18-10-13-6-4-12(9-16)5-7-13;/h4-7,14H,2-3,8,10-11H2,1H3,(H2,17,18,19);1H. The third kappa shape index (κ3) is 6.14. The summed E-state index contributed by atoms with van der Waals surface area (Å²) in [5.74, 6) is 2.12. The molecule has 0 radical (unpaired) electrons. The van der Waals surface area contributed by atoms with Gasteiger partial charge in [0.2, 0.25) is 0 Å². The number of nitriles is 1. The van der Waals surface area contributed by atoms with Crippen LogP contribution in [0.2, 0.25) is 0 Å². The highest BCUT2D eigenvalue weighted by molar-refractivity contribution is 14.0. The fourth-order valence-corrected chi connectivity index (χ4v) is 3.32. The van der Waals surface area contributed by atoms with Crippen molar-refractivity contribution in [3.8, 4) is 6.07 Å². The summed E-state index contributed by atoms with van der Waals surface area (Å²) in [6.07, 6.45) is 2.62. The monoisotopic (exact) mass is 416 g/mol. The van der Waals surface area contributed by atoms with Crippen molar-refractivity contribution in [1.29, 1.82) is 5.26 Å².